The van der Waals surface area contributed by atoms with Crippen LogP contribution in [0.15, 0.2) is 36.4 Å². The molecule has 1 aromatic heterocycles. The van der Waals surface area contributed by atoms with E-state index in [1.54, 1.807) is 25.6 Å². The van der Waals surface area contributed by atoms with Crippen LogP contribution in [0, 0.1) is 0 Å². The van der Waals surface area contributed by atoms with Gasteiger partial charge in [0, 0.05) is 24.8 Å². The van der Waals surface area contributed by atoms with E-state index in [1.165, 1.54) is 36.2 Å². The first-order valence-corrected chi connectivity index (χ1v) is 11.1. The highest BCUT2D eigenvalue weighted by Gasteiger charge is 2.19. The lowest BCUT2D eigenvalue weighted by Gasteiger charge is -2.25. The fourth-order valence-electron chi connectivity index (χ4n) is 3.87. The van der Waals surface area contributed by atoms with Gasteiger partial charge in [-0.2, -0.15) is 0 Å². The first-order valence-electron chi connectivity index (χ1n) is 10.3. The van der Waals surface area contributed by atoms with E-state index < -0.39 is 0 Å². The Kier molecular flexibility index (Phi) is 6.21. The van der Waals surface area contributed by atoms with Crippen molar-refractivity contribution in [1.29, 1.82) is 0 Å². The van der Waals surface area contributed by atoms with Gasteiger partial charge in [-0.05, 0) is 62.2 Å². The van der Waals surface area contributed by atoms with Crippen molar-refractivity contribution in [2.45, 2.75) is 26.2 Å². The van der Waals surface area contributed by atoms with E-state index in [-0.39, 0.29) is 0 Å². The molecule has 5 nitrogen and oxygen atoms in total. The number of hydrogen-bond donors (Lipinski definition) is 0. The monoisotopic (exact) mass is 411 g/mol. The van der Waals surface area contributed by atoms with Gasteiger partial charge in [0.05, 0.1) is 24.4 Å². The average Bonchev–Trinajstić information content (AvgIpc) is 3.42. The van der Waals surface area contributed by atoms with Gasteiger partial charge < -0.3 is 19.3 Å². The molecule has 0 unspecified atom stereocenters. The van der Waals surface area contributed by atoms with Gasteiger partial charge in [-0.15, -0.1) is 0 Å². The van der Waals surface area contributed by atoms with E-state index in [0.29, 0.717) is 0 Å². The van der Waals surface area contributed by atoms with Crippen LogP contribution in [0.25, 0.3) is 10.2 Å². The molecule has 4 rings (SSSR count). The Morgan fingerprint density at radius 2 is 1.83 bits per heavy atom. The molecule has 0 aliphatic carbocycles. The van der Waals surface area contributed by atoms with Crippen molar-refractivity contribution in [1.82, 2.24) is 9.88 Å². The molecule has 0 saturated carbocycles. The zero-order valence-electron chi connectivity index (χ0n) is 17.5. The predicted octanol–water partition coefficient (Wildman–Crippen LogP) is 5.11. The summed E-state index contributed by atoms with van der Waals surface area (Å²) in [4.78, 5) is 9.82. The van der Waals surface area contributed by atoms with Crippen LogP contribution in [0.3, 0.4) is 0 Å². The van der Waals surface area contributed by atoms with Crippen molar-refractivity contribution in [3.8, 4) is 11.5 Å². The Balaban J connectivity index is 1.69. The lowest BCUT2D eigenvalue weighted by Crippen LogP contribution is -2.31. The largest absolute Gasteiger partial charge is 0.493 e. The predicted molar refractivity (Wildman–Crippen MR) is 121 cm³/mol. The molecule has 1 saturated heterocycles. The number of likely N-dealkylation sites (tertiary alicyclic amines) is 1. The minimum atomic E-state index is 0.741. The number of rotatable bonds is 8. The van der Waals surface area contributed by atoms with Gasteiger partial charge in [-0.1, -0.05) is 24.3 Å². The van der Waals surface area contributed by atoms with Crippen molar-refractivity contribution in [2.75, 3.05) is 45.3 Å². The number of nitrogens with zero attached hydrogens (tertiary/aromatic N) is 3. The average molecular weight is 412 g/mol. The van der Waals surface area contributed by atoms with Gasteiger partial charge in [-0.3, -0.25) is 0 Å². The van der Waals surface area contributed by atoms with Crippen LogP contribution >= 0.6 is 11.3 Å². The van der Waals surface area contributed by atoms with Crippen molar-refractivity contribution in [3.63, 3.8) is 0 Å². The van der Waals surface area contributed by atoms with Crippen molar-refractivity contribution >= 4 is 32.4 Å². The van der Waals surface area contributed by atoms with E-state index >= 15 is 0 Å². The van der Waals surface area contributed by atoms with Crippen molar-refractivity contribution < 1.29 is 9.47 Å². The molecule has 0 atom stereocenters. The number of aromatic nitrogens is 1. The fourth-order valence-corrected chi connectivity index (χ4v) is 4.94. The summed E-state index contributed by atoms with van der Waals surface area (Å²) in [6, 6.07) is 12.7. The standard InChI is InChI=1S/C23H29N3O2S/c1-4-17-7-9-19-22(15-17)29-23(24-19)26(14-13-25-11-5-6-12-25)18-8-10-20(27-2)21(16-18)28-3/h7-10,15-16H,4-6,11-14H2,1-3H3. The minimum Gasteiger partial charge on any atom is -0.493 e. The SMILES string of the molecule is CCc1ccc2nc(N(CCN3CCCC3)c3ccc(OC)c(OC)c3)sc2c1. The minimum absolute atomic E-state index is 0.741. The molecule has 0 amide bonds. The number of benzene rings is 2. The van der Waals surface area contributed by atoms with E-state index in [0.717, 1.165) is 47.3 Å². The van der Waals surface area contributed by atoms with E-state index in [1.807, 2.05) is 12.1 Å². The summed E-state index contributed by atoms with van der Waals surface area (Å²) >= 11 is 1.76. The highest BCUT2D eigenvalue weighted by atomic mass is 32.1. The molecule has 6 heteroatoms. The smallest absolute Gasteiger partial charge is 0.191 e. The zero-order chi connectivity index (χ0) is 20.2. The number of hydrogen-bond acceptors (Lipinski definition) is 6. The van der Waals surface area contributed by atoms with E-state index in [9.17, 15) is 0 Å². The molecule has 2 aromatic carbocycles. The first-order chi connectivity index (χ1) is 14.2. The fraction of sp³-hybridized carbons (Fsp3) is 0.435. The second-order valence-corrected chi connectivity index (χ2v) is 8.40. The van der Waals surface area contributed by atoms with Crippen LogP contribution < -0.4 is 14.4 Å². The Hall–Kier alpha value is -2.31. The van der Waals surface area contributed by atoms with Gasteiger partial charge in [-0.25, -0.2) is 4.98 Å². The second-order valence-electron chi connectivity index (χ2n) is 7.39. The lowest BCUT2D eigenvalue weighted by atomic mass is 10.2. The Bertz CT molecular complexity index is 966. The molecule has 0 spiro atoms. The highest BCUT2D eigenvalue weighted by molar-refractivity contribution is 7.22. The molecular weight excluding hydrogens is 382 g/mol. The molecule has 154 valence electrons. The Morgan fingerprint density at radius 3 is 2.55 bits per heavy atom. The number of aryl methyl sites for hydroxylation is 1. The zero-order valence-corrected chi connectivity index (χ0v) is 18.3. The number of ether oxygens (including phenoxy) is 2. The van der Waals surface area contributed by atoms with Crippen LogP contribution in [0.5, 0.6) is 11.5 Å². The Labute approximate surface area is 176 Å². The molecule has 0 N–H and O–H groups in total. The maximum atomic E-state index is 5.55. The van der Waals surface area contributed by atoms with Crippen LogP contribution in [0.4, 0.5) is 10.8 Å². The molecule has 1 aliphatic heterocycles. The van der Waals surface area contributed by atoms with Gasteiger partial charge in [0.2, 0.25) is 0 Å². The quantitative estimate of drug-likeness (QED) is 0.515. The van der Waals surface area contributed by atoms with Crippen LogP contribution in [0.1, 0.15) is 25.3 Å². The van der Waals surface area contributed by atoms with Gasteiger partial charge in [0.1, 0.15) is 0 Å². The van der Waals surface area contributed by atoms with Gasteiger partial charge in [0.15, 0.2) is 16.6 Å². The molecule has 1 aliphatic rings. The molecule has 29 heavy (non-hydrogen) atoms. The third kappa shape index (κ3) is 4.33. The first kappa shape index (κ1) is 20.0. The Morgan fingerprint density at radius 1 is 1.03 bits per heavy atom. The summed E-state index contributed by atoms with van der Waals surface area (Å²) in [6.45, 7) is 6.51. The van der Waals surface area contributed by atoms with Gasteiger partial charge in [0.25, 0.3) is 0 Å². The molecule has 0 bridgehead atoms. The van der Waals surface area contributed by atoms with E-state index in [4.69, 9.17) is 14.5 Å². The second kappa shape index (κ2) is 9.01. The summed E-state index contributed by atoms with van der Waals surface area (Å²) in [6.07, 6.45) is 3.64. The third-order valence-corrected chi connectivity index (χ3v) is 6.64. The summed E-state index contributed by atoms with van der Waals surface area (Å²) < 4.78 is 12.2. The lowest BCUT2D eigenvalue weighted by molar-refractivity contribution is 0.347. The number of anilines is 2. The van der Waals surface area contributed by atoms with Crippen molar-refractivity contribution in [3.05, 3.63) is 42.0 Å². The number of fused-ring (bicyclic) bond motifs is 1. The molecule has 1 fully saturated rings. The maximum absolute atomic E-state index is 5.55. The third-order valence-electron chi connectivity index (χ3n) is 5.60. The van der Waals surface area contributed by atoms with Crippen LogP contribution in [-0.4, -0.2) is 50.3 Å². The normalized spacial score (nSPS) is 14.4. The maximum Gasteiger partial charge on any atom is 0.191 e. The number of thiazole rings is 1. The number of methoxy groups -OCH3 is 2. The topological polar surface area (TPSA) is 37.8 Å². The van der Waals surface area contributed by atoms with Crippen LogP contribution in [-0.2, 0) is 6.42 Å². The van der Waals surface area contributed by atoms with Crippen molar-refractivity contribution in [2.24, 2.45) is 0 Å². The molecular formula is C23H29N3O2S. The van der Waals surface area contributed by atoms with Gasteiger partial charge >= 0.3 is 0 Å². The molecule has 3 aromatic rings. The highest BCUT2D eigenvalue weighted by Crippen LogP contribution is 2.37. The summed E-state index contributed by atoms with van der Waals surface area (Å²) in [7, 11) is 3.35. The summed E-state index contributed by atoms with van der Waals surface area (Å²) in [5, 5.41) is 1.03. The van der Waals surface area contributed by atoms with Crippen LogP contribution in [0.2, 0.25) is 0 Å². The molecule has 0 radical (unpaired) electrons. The van der Waals surface area contributed by atoms with E-state index in [2.05, 4.69) is 41.0 Å². The summed E-state index contributed by atoms with van der Waals surface area (Å²) in [5.41, 5.74) is 3.49. The molecule has 2 heterocycles. The summed E-state index contributed by atoms with van der Waals surface area (Å²) in [5.74, 6) is 1.48.